The van der Waals surface area contributed by atoms with Crippen molar-refractivity contribution in [3.63, 3.8) is 0 Å². The molecule has 2 N–H and O–H groups in total. The minimum absolute atomic E-state index is 0.237. The van der Waals surface area contributed by atoms with Gasteiger partial charge in [0.2, 0.25) is 0 Å². The molecule has 0 aromatic heterocycles. The molecule has 2 aromatic carbocycles. The van der Waals surface area contributed by atoms with Gasteiger partial charge in [0.05, 0.1) is 5.92 Å². The lowest BCUT2D eigenvalue weighted by molar-refractivity contribution is -0.146. The molecule has 0 saturated carbocycles. The number of rotatable bonds is 5. The smallest absolute Gasteiger partial charge is 0.315 e. The molecular weight excluding hydrogens is 318 g/mol. The van der Waals surface area contributed by atoms with Gasteiger partial charge < -0.3 is 10.5 Å². The van der Waals surface area contributed by atoms with E-state index in [1.54, 1.807) is 0 Å². The molecule has 2 rings (SSSR count). The molecule has 0 saturated heterocycles. The first-order chi connectivity index (χ1) is 9.70. The molecule has 0 fully saturated rings. The van der Waals surface area contributed by atoms with E-state index < -0.39 is 5.92 Å². The van der Waals surface area contributed by atoms with Crippen LogP contribution in [0.25, 0.3) is 0 Å². The lowest BCUT2D eigenvalue weighted by Gasteiger charge is -2.14. The third kappa shape index (κ3) is 3.92. The van der Waals surface area contributed by atoms with Crippen LogP contribution < -0.4 is 5.73 Å². The van der Waals surface area contributed by atoms with Gasteiger partial charge in [-0.2, -0.15) is 0 Å². The second-order valence-electron chi connectivity index (χ2n) is 4.44. The molecule has 20 heavy (non-hydrogen) atoms. The molecule has 0 aliphatic carbocycles. The number of hydrogen-bond donors (Lipinski definition) is 1. The molecule has 1 unspecified atom stereocenters. The summed E-state index contributed by atoms with van der Waals surface area (Å²) >= 11 is 3.39. The minimum Gasteiger partial charge on any atom is -0.460 e. The van der Waals surface area contributed by atoms with E-state index in [2.05, 4.69) is 15.9 Å². The highest BCUT2D eigenvalue weighted by atomic mass is 79.9. The van der Waals surface area contributed by atoms with Crippen LogP contribution in [0.1, 0.15) is 17.0 Å². The quantitative estimate of drug-likeness (QED) is 0.854. The fourth-order valence-electron chi connectivity index (χ4n) is 1.94. The maximum atomic E-state index is 12.1. The number of hydrogen-bond acceptors (Lipinski definition) is 3. The first-order valence-corrected chi connectivity index (χ1v) is 7.16. The molecule has 104 valence electrons. The zero-order chi connectivity index (χ0) is 14.4. The highest BCUT2D eigenvalue weighted by molar-refractivity contribution is 9.10. The van der Waals surface area contributed by atoms with Gasteiger partial charge >= 0.3 is 5.97 Å². The van der Waals surface area contributed by atoms with Crippen molar-refractivity contribution < 1.29 is 9.53 Å². The maximum absolute atomic E-state index is 12.1. The molecule has 0 amide bonds. The van der Waals surface area contributed by atoms with Crippen LogP contribution in [-0.4, -0.2) is 12.5 Å². The minimum atomic E-state index is -0.414. The normalized spacial score (nSPS) is 11.9. The Labute approximate surface area is 126 Å². The van der Waals surface area contributed by atoms with Gasteiger partial charge in [-0.05, 0) is 23.3 Å². The van der Waals surface area contributed by atoms with Crippen LogP contribution in [0.3, 0.4) is 0 Å². The Bertz CT molecular complexity index is 572. The Morgan fingerprint density at radius 2 is 1.90 bits per heavy atom. The van der Waals surface area contributed by atoms with Crippen LogP contribution in [0.15, 0.2) is 59.1 Å². The zero-order valence-electron chi connectivity index (χ0n) is 11.0. The summed E-state index contributed by atoms with van der Waals surface area (Å²) in [6, 6.07) is 17.1. The van der Waals surface area contributed by atoms with Crippen molar-refractivity contribution in [1.29, 1.82) is 0 Å². The molecule has 2 aromatic rings. The standard InChI is InChI=1S/C16H16BrNO2/c17-14-8-4-5-12(9-14)11-20-16(19)15(10-18)13-6-2-1-3-7-13/h1-9,15H,10-11,18H2. The van der Waals surface area contributed by atoms with Crippen molar-refractivity contribution in [3.8, 4) is 0 Å². The molecule has 0 aliphatic rings. The first-order valence-electron chi connectivity index (χ1n) is 6.37. The van der Waals surface area contributed by atoms with Gasteiger partial charge in [-0.1, -0.05) is 58.4 Å². The lowest BCUT2D eigenvalue weighted by atomic mass is 10.00. The van der Waals surface area contributed by atoms with Crippen molar-refractivity contribution >= 4 is 21.9 Å². The summed E-state index contributed by atoms with van der Waals surface area (Å²) in [5, 5.41) is 0. The Morgan fingerprint density at radius 3 is 2.55 bits per heavy atom. The first kappa shape index (κ1) is 14.8. The number of carbonyl (C=O) groups excluding carboxylic acids is 1. The molecule has 0 bridgehead atoms. The number of ether oxygens (including phenoxy) is 1. The van der Waals surface area contributed by atoms with Crippen molar-refractivity contribution in [2.24, 2.45) is 5.73 Å². The van der Waals surface area contributed by atoms with Crippen LogP contribution >= 0.6 is 15.9 Å². The second-order valence-corrected chi connectivity index (χ2v) is 5.35. The van der Waals surface area contributed by atoms with E-state index >= 15 is 0 Å². The lowest BCUT2D eigenvalue weighted by Crippen LogP contribution is -2.23. The molecule has 0 spiro atoms. The molecule has 4 heteroatoms. The molecule has 0 heterocycles. The van der Waals surface area contributed by atoms with E-state index in [0.29, 0.717) is 0 Å². The molecule has 0 radical (unpaired) electrons. The van der Waals surface area contributed by atoms with E-state index in [1.807, 2.05) is 54.6 Å². The van der Waals surface area contributed by atoms with Gasteiger partial charge in [0.25, 0.3) is 0 Å². The SMILES string of the molecule is NCC(C(=O)OCc1cccc(Br)c1)c1ccccc1. The topological polar surface area (TPSA) is 52.3 Å². The fraction of sp³-hybridized carbons (Fsp3) is 0.188. The molecule has 1 atom stereocenters. The average molecular weight is 334 g/mol. The third-order valence-corrected chi connectivity index (χ3v) is 3.49. The van der Waals surface area contributed by atoms with Crippen LogP contribution in [0.4, 0.5) is 0 Å². The third-order valence-electron chi connectivity index (χ3n) is 2.99. The van der Waals surface area contributed by atoms with Gasteiger partial charge in [0, 0.05) is 11.0 Å². The number of benzene rings is 2. The van der Waals surface area contributed by atoms with Crippen molar-refractivity contribution in [3.05, 3.63) is 70.2 Å². The van der Waals surface area contributed by atoms with Gasteiger partial charge in [0.15, 0.2) is 0 Å². The van der Waals surface area contributed by atoms with Crippen LogP contribution in [0.2, 0.25) is 0 Å². The second kappa shape index (κ2) is 7.22. The Hall–Kier alpha value is -1.65. The zero-order valence-corrected chi connectivity index (χ0v) is 12.5. The highest BCUT2D eigenvalue weighted by Crippen LogP contribution is 2.18. The van der Waals surface area contributed by atoms with Crippen molar-refractivity contribution in [2.75, 3.05) is 6.54 Å². The largest absolute Gasteiger partial charge is 0.460 e. The molecular formula is C16H16BrNO2. The van der Waals surface area contributed by atoms with E-state index in [4.69, 9.17) is 10.5 Å². The van der Waals surface area contributed by atoms with E-state index in [1.165, 1.54) is 0 Å². The van der Waals surface area contributed by atoms with Gasteiger partial charge in [-0.3, -0.25) is 4.79 Å². The number of esters is 1. The summed E-state index contributed by atoms with van der Waals surface area (Å²) in [6.07, 6.45) is 0. The summed E-state index contributed by atoms with van der Waals surface area (Å²) in [5.41, 5.74) is 7.52. The maximum Gasteiger partial charge on any atom is 0.315 e. The highest BCUT2D eigenvalue weighted by Gasteiger charge is 2.20. The summed E-state index contributed by atoms with van der Waals surface area (Å²) in [6.45, 7) is 0.489. The summed E-state index contributed by atoms with van der Waals surface area (Å²) in [5.74, 6) is -0.706. The number of halogens is 1. The van der Waals surface area contributed by atoms with E-state index in [-0.39, 0.29) is 19.1 Å². The predicted molar refractivity (Wildman–Crippen MR) is 82.2 cm³/mol. The summed E-state index contributed by atoms with van der Waals surface area (Å²) in [4.78, 5) is 12.1. The predicted octanol–water partition coefficient (Wildman–Crippen LogP) is 3.23. The van der Waals surface area contributed by atoms with Gasteiger partial charge in [-0.25, -0.2) is 0 Å². The van der Waals surface area contributed by atoms with Gasteiger partial charge in [0.1, 0.15) is 6.61 Å². The van der Waals surface area contributed by atoms with E-state index in [9.17, 15) is 4.79 Å². The Balaban J connectivity index is 2.00. The monoisotopic (exact) mass is 333 g/mol. The number of carbonyl (C=O) groups is 1. The van der Waals surface area contributed by atoms with Crippen LogP contribution in [0.5, 0.6) is 0 Å². The van der Waals surface area contributed by atoms with Gasteiger partial charge in [-0.15, -0.1) is 0 Å². The Morgan fingerprint density at radius 1 is 1.15 bits per heavy atom. The van der Waals surface area contributed by atoms with Crippen molar-refractivity contribution in [1.82, 2.24) is 0 Å². The average Bonchev–Trinajstić information content (AvgIpc) is 2.47. The van der Waals surface area contributed by atoms with Crippen LogP contribution in [-0.2, 0) is 16.1 Å². The molecule has 0 aliphatic heterocycles. The Kier molecular flexibility index (Phi) is 5.32. The molecule has 3 nitrogen and oxygen atoms in total. The van der Waals surface area contributed by atoms with E-state index in [0.717, 1.165) is 15.6 Å². The fourth-order valence-corrected chi connectivity index (χ4v) is 2.38. The number of nitrogens with two attached hydrogens (primary N) is 1. The summed E-state index contributed by atoms with van der Waals surface area (Å²) < 4.78 is 6.31. The summed E-state index contributed by atoms with van der Waals surface area (Å²) in [7, 11) is 0. The van der Waals surface area contributed by atoms with Crippen LogP contribution in [0, 0.1) is 0 Å². The van der Waals surface area contributed by atoms with Crippen molar-refractivity contribution in [2.45, 2.75) is 12.5 Å².